The zero-order valence-corrected chi connectivity index (χ0v) is 9.17. The number of rotatable bonds is 2. The Bertz CT molecular complexity index is 375. The summed E-state index contributed by atoms with van der Waals surface area (Å²) in [6.07, 6.45) is 9.39. The van der Waals surface area contributed by atoms with E-state index in [2.05, 4.69) is 18.2 Å². The van der Waals surface area contributed by atoms with Gasteiger partial charge < -0.3 is 9.84 Å². The molecular formula is C14H16O2. The lowest BCUT2D eigenvalue weighted by atomic mass is 10.1. The summed E-state index contributed by atoms with van der Waals surface area (Å²) in [5.41, 5.74) is 1.53. The van der Waals surface area contributed by atoms with Crippen molar-refractivity contribution in [2.75, 3.05) is 6.61 Å². The molecule has 1 unspecified atom stereocenters. The number of epoxide rings is 1. The van der Waals surface area contributed by atoms with E-state index in [-0.39, 0.29) is 0 Å². The van der Waals surface area contributed by atoms with E-state index in [0.717, 1.165) is 19.4 Å². The topological polar surface area (TPSA) is 32.8 Å². The lowest BCUT2D eigenvalue weighted by Crippen LogP contribution is -1.86. The molecule has 16 heavy (non-hydrogen) atoms. The van der Waals surface area contributed by atoms with Gasteiger partial charge in [-0.05, 0) is 25.0 Å². The smallest absolute Gasteiger partial charge is 0.115 e. The third-order valence-electron chi connectivity index (χ3n) is 2.50. The molecule has 1 aromatic rings. The lowest BCUT2D eigenvalue weighted by molar-refractivity contribution is 0.406. The third-order valence-corrected chi connectivity index (χ3v) is 2.50. The zero-order valence-electron chi connectivity index (χ0n) is 9.17. The number of hydrogen-bond acceptors (Lipinski definition) is 2. The highest BCUT2D eigenvalue weighted by Gasteiger charge is 2.23. The number of phenols is 1. The van der Waals surface area contributed by atoms with Crippen LogP contribution in [-0.2, 0) is 4.74 Å². The fourth-order valence-corrected chi connectivity index (χ4v) is 1.55. The molecule has 0 saturated carbocycles. The Hall–Kier alpha value is -1.54. The first-order valence-electron chi connectivity index (χ1n) is 5.55. The molecule has 0 spiro atoms. The molecule has 1 heterocycles. The molecule has 1 aliphatic carbocycles. The molecule has 1 N–H and O–H groups in total. The first-order chi connectivity index (χ1) is 7.84. The number of phenolic OH excluding ortho intramolecular Hbond substituents is 1. The highest BCUT2D eigenvalue weighted by molar-refractivity contribution is 5.23. The lowest BCUT2D eigenvalue weighted by Gasteiger charge is -1.93. The van der Waals surface area contributed by atoms with E-state index < -0.39 is 0 Å². The van der Waals surface area contributed by atoms with Gasteiger partial charge in [-0.1, -0.05) is 42.0 Å². The van der Waals surface area contributed by atoms with Gasteiger partial charge in [0.05, 0.1) is 12.7 Å². The maximum absolute atomic E-state index is 8.63. The second-order valence-electron chi connectivity index (χ2n) is 3.95. The molecule has 2 heteroatoms. The van der Waals surface area contributed by atoms with Crippen LogP contribution < -0.4 is 0 Å². The summed E-state index contributed by atoms with van der Waals surface area (Å²) in [5.74, 6) is 0.322. The van der Waals surface area contributed by atoms with Gasteiger partial charge >= 0.3 is 0 Å². The second kappa shape index (κ2) is 5.52. The largest absolute Gasteiger partial charge is 0.508 e. The molecule has 1 atom stereocenters. The van der Waals surface area contributed by atoms with Gasteiger partial charge in [-0.3, -0.25) is 0 Å². The highest BCUT2D eigenvalue weighted by atomic mass is 16.6. The van der Waals surface area contributed by atoms with Crippen molar-refractivity contribution in [2.24, 2.45) is 0 Å². The number of para-hydroxylation sites is 1. The maximum Gasteiger partial charge on any atom is 0.115 e. The number of hydrogen-bond donors (Lipinski definition) is 1. The average Bonchev–Trinajstić information content (AvgIpc) is 2.94. The SMILES string of the molecule is C1=CCC(CC2CO2)=C1.Oc1ccccc1. The van der Waals surface area contributed by atoms with E-state index in [0.29, 0.717) is 11.9 Å². The molecule has 3 rings (SSSR count). The summed E-state index contributed by atoms with van der Waals surface area (Å²) in [6, 6.07) is 8.71. The summed E-state index contributed by atoms with van der Waals surface area (Å²) >= 11 is 0. The Morgan fingerprint density at radius 1 is 1.25 bits per heavy atom. The van der Waals surface area contributed by atoms with Crippen LogP contribution in [0.15, 0.2) is 54.1 Å². The second-order valence-corrected chi connectivity index (χ2v) is 3.95. The molecule has 1 aliphatic heterocycles. The zero-order chi connectivity index (χ0) is 11.2. The van der Waals surface area contributed by atoms with Crippen molar-refractivity contribution in [3.05, 3.63) is 54.1 Å². The van der Waals surface area contributed by atoms with Crippen molar-refractivity contribution in [2.45, 2.75) is 18.9 Å². The van der Waals surface area contributed by atoms with Gasteiger partial charge in [-0.15, -0.1) is 0 Å². The summed E-state index contributed by atoms with van der Waals surface area (Å²) in [5, 5.41) is 8.63. The monoisotopic (exact) mass is 216 g/mol. The number of aromatic hydroxyl groups is 1. The first-order valence-corrected chi connectivity index (χ1v) is 5.55. The van der Waals surface area contributed by atoms with Crippen molar-refractivity contribution in [1.29, 1.82) is 0 Å². The standard InChI is InChI=1S/C8H10O.C6H6O/c1-2-4-7(3-1)5-8-6-9-8;7-6-4-2-1-3-5-6/h1-3,8H,4-6H2;1-5,7H. The molecule has 0 aromatic heterocycles. The molecule has 1 fully saturated rings. The van der Waals surface area contributed by atoms with Crippen molar-refractivity contribution in [3.8, 4) is 5.75 Å². The van der Waals surface area contributed by atoms with Crippen molar-refractivity contribution >= 4 is 0 Å². The molecule has 2 aliphatic rings. The molecule has 1 aromatic carbocycles. The van der Waals surface area contributed by atoms with Crippen LogP contribution in [0.4, 0.5) is 0 Å². The summed E-state index contributed by atoms with van der Waals surface area (Å²) in [6.45, 7) is 0.983. The van der Waals surface area contributed by atoms with Gasteiger partial charge in [0.2, 0.25) is 0 Å². The van der Waals surface area contributed by atoms with E-state index >= 15 is 0 Å². The van der Waals surface area contributed by atoms with Crippen molar-refractivity contribution in [3.63, 3.8) is 0 Å². The van der Waals surface area contributed by atoms with Gasteiger partial charge in [0, 0.05) is 0 Å². The van der Waals surface area contributed by atoms with E-state index in [9.17, 15) is 0 Å². The van der Waals surface area contributed by atoms with Crippen LogP contribution in [0.2, 0.25) is 0 Å². The van der Waals surface area contributed by atoms with Crippen LogP contribution in [0, 0.1) is 0 Å². The van der Waals surface area contributed by atoms with Crippen LogP contribution in [0.1, 0.15) is 12.8 Å². The van der Waals surface area contributed by atoms with E-state index in [1.807, 2.05) is 6.07 Å². The van der Waals surface area contributed by atoms with Crippen LogP contribution in [0.5, 0.6) is 5.75 Å². The molecule has 84 valence electrons. The summed E-state index contributed by atoms with van der Waals surface area (Å²) in [7, 11) is 0. The maximum atomic E-state index is 8.63. The van der Waals surface area contributed by atoms with Gasteiger partial charge in [0.15, 0.2) is 0 Å². The normalized spacial score (nSPS) is 21.0. The Kier molecular flexibility index (Phi) is 3.78. The number of allylic oxidation sites excluding steroid dienone is 3. The first kappa shape index (κ1) is 11.0. The Morgan fingerprint density at radius 3 is 2.44 bits per heavy atom. The number of ether oxygens (including phenoxy) is 1. The Balaban J connectivity index is 0.000000125. The van der Waals surface area contributed by atoms with Gasteiger partial charge in [-0.2, -0.15) is 0 Å². The van der Waals surface area contributed by atoms with E-state index in [1.54, 1.807) is 24.3 Å². The molecule has 1 saturated heterocycles. The highest BCUT2D eigenvalue weighted by Crippen LogP contribution is 2.23. The molecule has 2 nitrogen and oxygen atoms in total. The summed E-state index contributed by atoms with van der Waals surface area (Å²) in [4.78, 5) is 0. The predicted octanol–water partition coefficient (Wildman–Crippen LogP) is 3.05. The third kappa shape index (κ3) is 3.91. The van der Waals surface area contributed by atoms with Crippen LogP contribution >= 0.6 is 0 Å². The Morgan fingerprint density at radius 2 is 2.00 bits per heavy atom. The van der Waals surface area contributed by atoms with Crippen molar-refractivity contribution in [1.82, 2.24) is 0 Å². The van der Waals surface area contributed by atoms with Crippen LogP contribution in [0.25, 0.3) is 0 Å². The molecular weight excluding hydrogens is 200 g/mol. The predicted molar refractivity (Wildman–Crippen MR) is 64.3 cm³/mol. The summed E-state index contributed by atoms with van der Waals surface area (Å²) < 4.78 is 5.10. The van der Waals surface area contributed by atoms with E-state index in [1.165, 1.54) is 5.57 Å². The number of benzene rings is 1. The van der Waals surface area contributed by atoms with Crippen LogP contribution in [0.3, 0.4) is 0 Å². The van der Waals surface area contributed by atoms with Crippen molar-refractivity contribution < 1.29 is 9.84 Å². The minimum Gasteiger partial charge on any atom is -0.508 e. The molecule has 0 bridgehead atoms. The fraction of sp³-hybridized carbons (Fsp3) is 0.286. The van der Waals surface area contributed by atoms with Gasteiger partial charge in [0.1, 0.15) is 5.75 Å². The molecule has 0 amide bonds. The van der Waals surface area contributed by atoms with Gasteiger partial charge in [-0.25, -0.2) is 0 Å². The van der Waals surface area contributed by atoms with Crippen LogP contribution in [-0.4, -0.2) is 17.8 Å². The minimum absolute atomic E-state index is 0.322. The molecule has 0 radical (unpaired) electrons. The Labute approximate surface area is 95.9 Å². The average molecular weight is 216 g/mol. The quantitative estimate of drug-likeness (QED) is 0.771. The minimum atomic E-state index is 0.322. The van der Waals surface area contributed by atoms with E-state index in [4.69, 9.17) is 9.84 Å². The van der Waals surface area contributed by atoms with Gasteiger partial charge in [0.25, 0.3) is 0 Å². The fourth-order valence-electron chi connectivity index (χ4n) is 1.55.